The predicted molar refractivity (Wildman–Crippen MR) is 70.5 cm³/mol. The molecule has 0 fully saturated rings. The van der Waals surface area contributed by atoms with Crippen LogP contribution in [0.2, 0.25) is 0 Å². The fraction of sp³-hybridized carbons (Fsp3) is 0.333. The average Bonchev–Trinajstić information content (AvgIpc) is 2.30. The molecule has 0 aliphatic carbocycles. The van der Waals surface area contributed by atoms with E-state index in [2.05, 4.69) is 50.2 Å². The molecule has 2 N–H and O–H groups in total. The van der Waals surface area contributed by atoms with E-state index in [1.165, 1.54) is 21.9 Å². The van der Waals surface area contributed by atoms with E-state index in [9.17, 15) is 0 Å². The van der Waals surface area contributed by atoms with Gasteiger partial charge in [-0.2, -0.15) is 0 Å². The Labute approximate surface area is 97.3 Å². The van der Waals surface area contributed by atoms with Gasteiger partial charge in [-0.25, -0.2) is 0 Å². The quantitative estimate of drug-likeness (QED) is 0.820. The predicted octanol–water partition coefficient (Wildman–Crippen LogP) is 3.95. The first kappa shape index (κ1) is 11.2. The van der Waals surface area contributed by atoms with Crippen molar-refractivity contribution in [3.05, 3.63) is 47.5 Å². The summed E-state index contributed by atoms with van der Waals surface area (Å²) in [6.07, 6.45) is 2.18. The Kier molecular flexibility index (Phi) is 3.25. The molecule has 16 heavy (non-hydrogen) atoms. The van der Waals surface area contributed by atoms with Gasteiger partial charge < -0.3 is 5.73 Å². The average molecular weight is 213 g/mol. The minimum Gasteiger partial charge on any atom is -0.324 e. The van der Waals surface area contributed by atoms with Crippen molar-refractivity contribution in [1.82, 2.24) is 0 Å². The molecule has 0 bridgehead atoms. The minimum absolute atomic E-state index is 0.162. The van der Waals surface area contributed by atoms with Gasteiger partial charge in [0, 0.05) is 6.04 Å². The maximum Gasteiger partial charge on any atom is 0.0300 e. The zero-order chi connectivity index (χ0) is 11.5. The SMILES string of the molecule is CCC[C@H](N)c1ccc(C)c2ccccc12. The van der Waals surface area contributed by atoms with Crippen LogP contribution >= 0.6 is 0 Å². The highest BCUT2D eigenvalue weighted by atomic mass is 14.6. The lowest BCUT2D eigenvalue weighted by Crippen LogP contribution is -2.10. The standard InChI is InChI=1S/C15H19N/c1-3-6-15(16)14-10-9-11(2)12-7-4-5-8-13(12)14/h4-5,7-10,15H,3,6,16H2,1-2H3/t15-/m0/s1. The van der Waals surface area contributed by atoms with Gasteiger partial charge in [0.1, 0.15) is 0 Å². The fourth-order valence-corrected chi connectivity index (χ4v) is 2.26. The molecular weight excluding hydrogens is 194 g/mol. The molecule has 0 unspecified atom stereocenters. The molecule has 0 radical (unpaired) electrons. The molecule has 0 saturated carbocycles. The summed E-state index contributed by atoms with van der Waals surface area (Å²) in [4.78, 5) is 0. The highest BCUT2D eigenvalue weighted by molar-refractivity contribution is 5.88. The van der Waals surface area contributed by atoms with Gasteiger partial charge in [0.05, 0.1) is 0 Å². The van der Waals surface area contributed by atoms with Crippen LogP contribution in [-0.2, 0) is 0 Å². The summed E-state index contributed by atoms with van der Waals surface area (Å²) in [7, 11) is 0. The lowest BCUT2D eigenvalue weighted by Gasteiger charge is -2.15. The smallest absolute Gasteiger partial charge is 0.0300 e. The number of rotatable bonds is 3. The maximum atomic E-state index is 6.22. The molecular formula is C15H19N. The van der Waals surface area contributed by atoms with E-state index in [0.29, 0.717) is 0 Å². The molecule has 0 heterocycles. The maximum absolute atomic E-state index is 6.22. The molecule has 0 spiro atoms. The number of fused-ring (bicyclic) bond motifs is 1. The third-order valence-electron chi connectivity index (χ3n) is 3.17. The third kappa shape index (κ3) is 1.96. The number of aryl methyl sites for hydroxylation is 1. The van der Waals surface area contributed by atoms with E-state index in [1.54, 1.807) is 0 Å². The van der Waals surface area contributed by atoms with E-state index in [4.69, 9.17) is 5.73 Å². The van der Waals surface area contributed by atoms with Crippen molar-refractivity contribution in [1.29, 1.82) is 0 Å². The largest absolute Gasteiger partial charge is 0.324 e. The number of hydrogen-bond acceptors (Lipinski definition) is 1. The van der Waals surface area contributed by atoms with Gasteiger partial charge in [0.15, 0.2) is 0 Å². The van der Waals surface area contributed by atoms with E-state index < -0.39 is 0 Å². The van der Waals surface area contributed by atoms with Crippen LogP contribution in [0.5, 0.6) is 0 Å². The van der Waals surface area contributed by atoms with Gasteiger partial charge in [0.25, 0.3) is 0 Å². The van der Waals surface area contributed by atoms with E-state index in [-0.39, 0.29) is 6.04 Å². The molecule has 2 rings (SSSR count). The van der Waals surface area contributed by atoms with Gasteiger partial charge in [-0.15, -0.1) is 0 Å². The Morgan fingerprint density at radius 2 is 1.75 bits per heavy atom. The van der Waals surface area contributed by atoms with Crippen molar-refractivity contribution in [2.24, 2.45) is 5.73 Å². The molecule has 1 heteroatoms. The Morgan fingerprint density at radius 3 is 2.44 bits per heavy atom. The number of nitrogens with two attached hydrogens (primary N) is 1. The van der Waals surface area contributed by atoms with Gasteiger partial charge in [0.2, 0.25) is 0 Å². The summed E-state index contributed by atoms with van der Waals surface area (Å²) in [6, 6.07) is 13.0. The Hall–Kier alpha value is -1.34. The van der Waals surface area contributed by atoms with Gasteiger partial charge in [-0.1, -0.05) is 49.7 Å². The van der Waals surface area contributed by atoms with Crippen LogP contribution in [0.4, 0.5) is 0 Å². The first-order valence-electron chi connectivity index (χ1n) is 5.98. The van der Waals surface area contributed by atoms with Crippen molar-refractivity contribution in [2.75, 3.05) is 0 Å². The molecule has 0 saturated heterocycles. The molecule has 2 aromatic rings. The minimum atomic E-state index is 0.162. The fourth-order valence-electron chi connectivity index (χ4n) is 2.26. The van der Waals surface area contributed by atoms with Crippen molar-refractivity contribution >= 4 is 10.8 Å². The normalized spacial score (nSPS) is 12.9. The van der Waals surface area contributed by atoms with Crippen molar-refractivity contribution in [2.45, 2.75) is 32.7 Å². The lowest BCUT2D eigenvalue weighted by molar-refractivity contribution is 0.642. The Morgan fingerprint density at radius 1 is 1.06 bits per heavy atom. The highest BCUT2D eigenvalue weighted by Crippen LogP contribution is 2.27. The van der Waals surface area contributed by atoms with Crippen molar-refractivity contribution in [3.8, 4) is 0 Å². The summed E-state index contributed by atoms with van der Waals surface area (Å²) in [6.45, 7) is 4.33. The van der Waals surface area contributed by atoms with Crippen LogP contribution in [0, 0.1) is 6.92 Å². The van der Waals surface area contributed by atoms with E-state index in [1.807, 2.05) is 0 Å². The monoisotopic (exact) mass is 213 g/mol. The Bertz CT molecular complexity index is 488. The summed E-state index contributed by atoms with van der Waals surface area (Å²) >= 11 is 0. The first-order chi connectivity index (χ1) is 7.74. The van der Waals surface area contributed by atoms with Crippen LogP contribution in [-0.4, -0.2) is 0 Å². The van der Waals surface area contributed by atoms with Crippen LogP contribution in [0.15, 0.2) is 36.4 Å². The zero-order valence-electron chi connectivity index (χ0n) is 10.0. The lowest BCUT2D eigenvalue weighted by atomic mass is 9.94. The van der Waals surface area contributed by atoms with Gasteiger partial charge >= 0.3 is 0 Å². The molecule has 0 aliphatic rings. The first-order valence-corrected chi connectivity index (χ1v) is 5.98. The summed E-state index contributed by atoms with van der Waals surface area (Å²) in [5, 5.41) is 2.63. The number of hydrogen-bond donors (Lipinski definition) is 1. The molecule has 0 amide bonds. The Balaban J connectivity index is 2.58. The van der Waals surface area contributed by atoms with Crippen molar-refractivity contribution < 1.29 is 0 Å². The molecule has 0 aromatic heterocycles. The number of benzene rings is 2. The second-order valence-corrected chi connectivity index (χ2v) is 4.41. The molecule has 2 aromatic carbocycles. The zero-order valence-corrected chi connectivity index (χ0v) is 10.0. The molecule has 1 nitrogen and oxygen atoms in total. The summed E-state index contributed by atoms with van der Waals surface area (Å²) in [5.41, 5.74) is 8.82. The summed E-state index contributed by atoms with van der Waals surface area (Å²) in [5.74, 6) is 0. The summed E-state index contributed by atoms with van der Waals surface area (Å²) < 4.78 is 0. The van der Waals surface area contributed by atoms with Gasteiger partial charge in [-0.05, 0) is 35.2 Å². The van der Waals surface area contributed by atoms with Crippen LogP contribution in [0.1, 0.15) is 36.9 Å². The molecule has 84 valence electrons. The second kappa shape index (κ2) is 4.67. The molecule has 0 aliphatic heterocycles. The highest BCUT2D eigenvalue weighted by Gasteiger charge is 2.09. The molecule has 1 atom stereocenters. The van der Waals surface area contributed by atoms with Crippen LogP contribution in [0.25, 0.3) is 10.8 Å². The van der Waals surface area contributed by atoms with Crippen molar-refractivity contribution in [3.63, 3.8) is 0 Å². The third-order valence-corrected chi connectivity index (χ3v) is 3.17. The second-order valence-electron chi connectivity index (χ2n) is 4.41. The van der Waals surface area contributed by atoms with E-state index >= 15 is 0 Å². The van der Waals surface area contributed by atoms with Crippen LogP contribution < -0.4 is 5.73 Å². The topological polar surface area (TPSA) is 26.0 Å². The van der Waals surface area contributed by atoms with Crippen LogP contribution in [0.3, 0.4) is 0 Å². The van der Waals surface area contributed by atoms with Gasteiger partial charge in [-0.3, -0.25) is 0 Å². The van der Waals surface area contributed by atoms with E-state index in [0.717, 1.165) is 12.8 Å².